The van der Waals surface area contributed by atoms with Crippen molar-refractivity contribution in [2.75, 3.05) is 5.32 Å². The summed E-state index contributed by atoms with van der Waals surface area (Å²) in [5.41, 5.74) is 1.82. The SMILES string of the molecule is CC(C)CC(NC(=O)c1ccc2c(c1)CC(=O)N2)C(=O)O. The van der Waals surface area contributed by atoms with Crippen LogP contribution in [0, 0.1) is 5.92 Å². The molecule has 112 valence electrons. The van der Waals surface area contributed by atoms with E-state index in [1.54, 1.807) is 18.2 Å². The molecule has 0 bridgehead atoms. The number of fused-ring (bicyclic) bond motifs is 1. The van der Waals surface area contributed by atoms with Gasteiger partial charge in [0.05, 0.1) is 6.42 Å². The summed E-state index contributed by atoms with van der Waals surface area (Å²) in [6.45, 7) is 3.80. The van der Waals surface area contributed by atoms with Crippen molar-refractivity contribution in [2.24, 2.45) is 5.92 Å². The normalized spacial score (nSPS) is 14.5. The number of rotatable bonds is 5. The van der Waals surface area contributed by atoms with Crippen molar-refractivity contribution in [1.29, 1.82) is 0 Å². The number of aliphatic carboxylic acids is 1. The van der Waals surface area contributed by atoms with Gasteiger partial charge in [0.15, 0.2) is 0 Å². The molecule has 2 amide bonds. The smallest absolute Gasteiger partial charge is 0.326 e. The summed E-state index contributed by atoms with van der Waals surface area (Å²) in [4.78, 5) is 34.6. The number of carbonyl (C=O) groups excluding carboxylic acids is 2. The van der Waals surface area contributed by atoms with Crippen LogP contribution in [0.2, 0.25) is 0 Å². The average molecular weight is 290 g/mol. The van der Waals surface area contributed by atoms with Crippen LogP contribution in [0.5, 0.6) is 0 Å². The summed E-state index contributed by atoms with van der Waals surface area (Å²) < 4.78 is 0. The first-order chi connectivity index (χ1) is 9.86. The number of amides is 2. The van der Waals surface area contributed by atoms with Gasteiger partial charge in [0.25, 0.3) is 5.91 Å². The Bertz CT molecular complexity index is 595. The third kappa shape index (κ3) is 3.59. The maximum absolute atomic E-state index is 12.1. The third-order valence-electron chi connectivity index (χ3n) is 3.30. The highest BCUT2D eigenvalue weighted by Crippen LogP contribution is 2.23. The fraction of sp³-hybridized carbons (Fsp3) is 0.400. The summed E-state index contributed by atoms with van der Waals surface area (Å²) >= 11 is 0. The second-order valence-electron chi connectivity index (χ2n) is 5.59. The molecule has 3 N–H and O–H groups in total. The van der Waals surface area contributed by atoms with Gasteiger partial charge in [-0.05, 0) is 36.1 Å². The van der Waals surface area contributed by atoms with Gasteiger partial charge in [-0.1, -0.05) is 13.8 Å². The Labute approximate surface area is 122 Å². The summed E-state index contributed by atoms with van der Waals surface area (Å²) in [6.07, 6.45) is 0.608. The molecule has 2 rings (SSSR count). The topological polar surface area (TPSA) is 95.5 Å². The first kappa shape index (κ1) is 15.0. The molecule has 1 aliphatic rings. The van der Waals surface area contributed by atoms with E-state index in [9.17, 15) is 14.4 Å². The Balaban J connectivity index is 2.11. The lowest BCUT2D eigenvalue weighted by Crippen LogP contribution is -2.41. The summed E-state index contributed by atoms with van der Waals surface area (Å²) in [5.74, 6) is -1.43. The van der Waals surface area contributed by atoms with Crippen LogP contribution < -0.4 is 10.6 Å². The van der Waals surface area contributed by atoms with E-state index in [4.69, 9.17) is 5.11 Å². The molecule has 0 saturated carbocycles. The highest BCUT2D eigenvalue weighted by Gasteiger charge is 2.23. The van der Waals surface area contributed by atoms with Crippen LogP contribution in [-0.4, -0.2) is 28.9 Å². The Morgan fingerprint density at radius 2 is 2.10 bits per heavy atom. The van der Waals surface area contributed by atoms with E-state index >= 15 is 0 Å². The number of nitrogens with one attached hydrogen (secondary N) is 2. The molecule has 21 heavy (non-hydrogen) atoms. The number of benzene rings is 1. The number of hydrogen-bond donors (Lipinski definition) is 3. The Morgan fingerprint density at radius 3 is 2.71 bits per heavy atom. The van der Waals surface area contributed by atoms with E-state index in [0.717, 1.165) is 5.56 Å². The Hall–Kier alpha value is -2.37. The highest BCUT2D eigenvalue weighted by atomic mass is 16.4. The third-order valence-corrected chi connectivity index (χ3v) is 3.30. The first-order valence-electron chi connectivity index (χ1n) is 6.83. The van der Waals surface area contributed by atoms with Crippen molar-refractivity contribution in [2.45, 2.75) is 32.7 Å². The van der Waals surface area contributed by atoms with Gasteiger partial charge >= 0.3 is 5.97 Å². The predicted octanol–water partition coefficient (Wildman–Crippen LogP) is 1.41. The van der Waals surface area contributed by atoms with Crippen molar-refractivity contribution in [1.82, 2.24) is 5.32 Å². The zero-order chi connectivity index (χ0) is 15.6. The lowest BCUT2D eigenvalue weighted by Gasteiger charge is -2.16. The van der Waals surface area contributed by atoms with E-state index in [0.29, 0.717) is 17.7 Å². The minimum atomic E-state index is -1.05. The first-order valence-corrected chi connectivity index (χ1v) is 6.83. The molecule has 1 aromatic carbocycles. The van der Waals surface area contributed by atoms with Crippen molar-refractivity contribution >= 4 is 23.5 Å². The van der Waals surface area contributed by atoms with Crippen LogP contribution in [-0.2, 0) is 16.0 Å². The van der Waals surface area contributed by atoms with Crippen molar-refractivity contribution in [3.63, 3.8) is 0 Å². The van der Waals surface area contributed by atoms with Crippen molar-refractivity contribution in [3.8, 4) is 0 Å². The van der Waals surface area contributed by atoms with Crippen LogP contribution in [0.4, 0.5) is 5.69 Å². The molecule has 1 aromatic rings. The fourth-order valence-electron chi connectivity index (χ4n) is 2.30. The molecule has 6 heteroatoms. The molecule has 0 spiro atoms. The molecule has 0 saturated heterocycles. The van der Waals surface area contributed by atoms with Crippen LogP contribution in [0.1, 0.15) is 36.2 Å². The lowest BCUT2D eigenvalue weighted by atomic mass is 10.0. The minimum absolute atomic E-state index is 0.106. The molecule has 0 aliphatic carbocycles. The van der Waals surface area contributed by atoms with Gasteiger partial charge in [0.1, 0.15) is 6.04 Å². The van der Waals surface area contributed by atoms with Gasteiger partial charge in [0.2, 0.25) is 5.91 Å². The monoisotopic (exact) mass is 290 g/mol. The van der Waals surface area contributed by atoms with Gasteiger partial charge in [-0.2, -0.15) is 0 Å². The molecule has 1 heterocycles. The number of carboxylic acids is 1. The maximum atomic E-state index is 12.1. The van der Waals surface area contributed by atoms with Crippen LogP contribution in [0.25, 0.3) is 0 Å². The zero-order valence-corrected chi connectivity index (χ0v) is 12.0. The second-order valence-corrected chi connectivity index (χ2v) is 5.59. The molecule has 0 fully saturated rings. The van der Waals surface area contributed by atoms with E-state index in [1.165, 1.54) is 0 Å². The Morgan fingerprint density at radius 1 is 1.38 bits per heavy atom. The highest BCUT2D eigenvalue weighted by molar-refractivity contribution is 6.02. The standard InChI is InChI=1S/C15H18N2O4/c1-8(2)5-12(15(20)21)17-14(19)9-3-4-11-10(6-9)7-13(18)16-11/h3-4,6,8,12H,5,7H2,1-2H3,(H,16,18)(H,17,19)(H,20,21). The number of hydrogen-bond acceptors (Lipinski definition) is 3. The molecule has 1 atom stereocenters. The van der Waals surface area contributed by atoms with Gasteiger partial charge in [-0.15, -0.1) is 0 Å². The summed E-state index contributed by atoms with van der Waals surface area (Å²) in [5, 5.41) is 14.3. The van der Waals surface area contributed by atoms with Gasteiger partial charge in [0, 0.05) is 11.3 Å². The largest absolute Gasteiger partial charge is 0.480 e. The zero-order valence-electron chi connectivity index (χ0n) is 12.0. The van der Waals surface area contributed by atoms with Crippen LogP contribution >= 0.6 is 0 Å². The quantitative estimate of drug-likeness (QED) is 0.764. The van der Waals surface area contributed by atoms with Gasteiger partial charge < -0.3 is 15.7 Å². The molecule has 6 nitrogen and oxygen atoms in total. The summed E-state index contributed by atoms with van der Waals surface area (Å²) in [6, 6.07) is 3.95. The predicted molar refractivity (Wildman–Crippen MR) is 77.1 cm³/mol. The van der Waals surface area contributed by atoms with E-state index in [-0.39, 0.29) is 18.2 Å². The molecular formula is C15H18N2O4. The van der Waals surface area contributed by atoms with E-state index < -0.39 is 17.9 Å². The van der Waals surface area contributed by atoms with Crippen molar-refractivity contribution < 1.29 is 19.5 Å². The number of carbonyl (C=O) groups is 3. The molecule has 0 aromatic heterocycles. The molecule has 1 aliphatic heterocycles. The Kier molecular flexibility index (Phi) is 4.26. The lowest BCUT2D eigenvalue weighted by molar-refractivity contribution is -0.139. The van der Waals surface area contributed by atoms with E-state index in [2.05, 4.69) is 10.6 Å². The summed E-state index contributed by atoms with van der Waals surface area (Å²) in [7, 11) is 0. The van der Waals surface area contributed by atoms with Gasteiger partial charge in [-0.25, -0.2) is 4.79 Å². The second kappa shape index (κ2) is 5.95. The molecule has 1 unspecified atom stereocenters. The average Bonchev–Trinajstić information content (AvgIpc) is 2.76. The van der Waals surface area contributed by atoms with E-state index in [1.807, 2.05) is 13.8 Å². The van der Waals surface area contributed by atoms with Crippen LogP contribution in [0.15, 0.2) is 18.2 Å². The molecular weight excluding hydrogens is 272 g/mol. The number of anilines is 1. The van der Waals surface area contributed by atoms with Crippen molar-refractivity contribution in [3.05, 3.63) is 29.3 Å². The maximum Gasteiger partial charge on any atom is 0.326 e. The number of carboxylic acid groups (broad SMARTS) is 1. The minimum Gasteiger partial charge on any atom is -0.480 e. The fourth-order valence-corrected chi connectivity index (χ4v) is 2.30. The molecule has 0 radical (unpaired) electrons. The van der Waals surface area contributed by atoms with Crippen LogP contribution in [0.3, 0.4) is 0 Å². The van der Waals surface area contributed by atoms with Gasteiger partial charge in [-0.3, -0.25) is 9.59 Å².